The van der Waals surface area contributed by atoms with Crippen molar-refractivity contribution in [2.24, 2.45) is 0 Å². The molecule has 2 aromatic carbocycles. The van der Waals surface area contributed by atoms with Gasteiger partial charge in [0.2, 0.25) is 0 Å². The molecule has 3 rings (SSSR count). The average molecular weight is 577 g/mol. The van der Waals surface area contributed by atoms with Gasteiger partial charge in [0.05, 0.1) is 22.7 Å². The van der Waals surface area contributed by atoms with E-state index < -0.39 is 65.1 Å². The van der Waals surface area contributed by atoms with Gasteiger partial charge in [-0.1, -0.05) is 6.07 Å². The first-order chi connectivity index (χ1) is 18.5. The third kappa shape index (κ3) is 7.02. The number of aryl methyl sites for hydroxylation is 1. The number of alkyl halides is 6. The molecule has 2 aromatic rings. The summed E-state index contributed by atoms with van der Waals surface area (Å²) < 4.78 is 93.6. The molecule has 218 valence electrons. The largest absolute Gasteiger partial charge is 0.465 e. The normalized spacial score (nSPS) is 19.7. The Morgan fingerprint density at radius 1 is 1.10 bits per heavy atom. The molecule has 7 nitrogen and oxygen atoms in total. The van der Waals surface area contributed by atoms with Gasteiger partial charge in [0.15, 0.2) is 0 Å². The fraction of sp³-hybridized carbons (Fsp3) is 0.423. The van der Waals surface area contributed by atoms with E-state index >= 15 is 0 Å². The summed E-state index contributed by atoms with van der Waals surface area (Å²) in [5.74, 6) is -0.570. The van der Waals surface area contributed by atoms with Crippen LogP contribution in [0.15, 0.2) is 36.4 Å². The van der Waals surface area contributed by atoms with Gasteiger partial charge in [-0.05, 0) is 66.8 Å². The highest BCUT2D eigenvalue weighted by atomic mass is 19.4. The van der Waals surface area contributed by atoms with Crippen LogP contribution in [-0.2, 0) is 23.7 Å². The van der Waals surface area contributed by atoms with Crippen molar-refractivity contribution >= 4 is 18.4 Å². The Morgan fingerprint density at radius 2 is 1.70 bits per heavy atom. The average Bonchev–Trinajstić information content (AvgIpc) is 2.82. The number of benzene rings is 2. The number of halogens is 7. The molecule has 0 bridgehead atoms. The van der Waals surface area contributed by atoms with Crippen molar-refractivity contribution in [1.29, 1.82) is 0 Å². The molecule has 0 aromatic heterocycles. The number of hydrogen-bond donors (Lipinski definition) is 2. The quantitative estimate of drug-likeness (QED) is 0.318. The van der Waals surface area contributed by atoms with E-state index in [2.05, 4.69) is 5.32 Å². The van der Waals surface area contributed by atoms with Gasteiger partial charge in [0.1, 0.15) is 12.1 Å². The molecular weight excluding hydrogens is 551 g/mol. The first-order valence-electron chi connectivity index (χ1n) is 12.0. The maximum atomic E-state index is 13.8. The number of hydrogen-bond acceptors (Lipinski definition) is 3. The van der Waals surface area contributed by atoms with E-state index in [1.54, 1.807) is 6.92 Å². The summed E-state index contributed by atoms with van der Waals surface area (Å²) in [6.07, 6.45) is -11.3. The molecule has 1 heterocycles. The second-order valence-corrected chi connectivity index (χ2v) is 9.80. The molecule has 1 fully saturated rings. The maximum Gasteiger partial charge on any atom is 0.416 e. The smallest absolute Gasteiger partial charge is 0.416 e. The lowest BCUT2D eigenvalue weighted by Gasteiger charge is -2.47. The predicted molar refractivity (Wildman–Crippen MR) is 128 cm³/mol. The number of urea groups is 1. The zero-order valence-electron chi connectivity index (χ0n) is 21.4. The van der Waals surface area contributed by atoms with Gasteiger partial charge in [-0.3, -0.25) is 0 Å². The SMILES string of the molecule is Cc1cc(F)ccc1[C@H]1C[C@@](CC=O)(NC(=O)O)CCN1C(=O)N(C)Cc1cc(C(F)(F)F)cc(C(F)(F)F)c1. The predicted octanol–water partition coefficient (Wildman–Crippen LogP) is 6.16. The molecule has 14 heteroatoms. The Labute approximate surface area is 224 Å². The molecular formula is C26H26F7N3O4. The molecule has 3 amide bonds. The number of carboxylic acid groups (broad SMARTS) is 1. The van der Waals surface area contributed by atoms with Gasteiger partial charge in [0, 0.05) is 26.6 Å². The lowest BCUT2D eigenvalue weighted by Crippen LogP contribution is -2.58. The highest BCUT2D eigenvalue weighted by Crippen LogP contribution is 2.41. The highest BCUT2D eigenvalue weighted by molar-refractivity contribution is 5.75. The molecule has 0 unspecified atom stereocenters. The van der Waals surface area contributed by atoms with Crippen LogP contribution in [0.1, 0.15) is 53.1 Å². The Hall–Kier alpha value is -3.84. The number of aldehydes is 1. The van der Waals surface area contributed by atoms with Crippen molar-refractivity contribution in [3.8, 4) is 0 Å². The number of rotatable bonds is 6. The minimum Gasteiger partial charge on any atom is -0.465 e. The highest BCUT2D eigenvalue weighted by Gasteiger charge is 2.44. The van der Waals surface area contributed by atoms with Gasteiger partial charge < -0.3 is 25.0 Å². The fourth-order valence-electron chi connectivity index (χ4n) is 5.00. The lowest BCUT2D eigenvalue weighted by molar-refractivity contribution is -0.143. The summed E-state index contributed by atoms with van der Waals surface area (Å²) in [4.78, 5) is 38.7. The number of carbonyl (C=O) groups is 3. The fourth-order valence-corrected chi connectivity index (χ4v) is 5.00. The van der Waals surface area contributed by atoms with Crippen molar-refractivity contribution in [2.45, 2.75) is 56.7 Å². The Morgan fingerprint density at radius 3 is 2.20 bits per heavy atom. The van der Waals surface area contributed by atoms with E-state index in [1.807, 2.05) is 0 Å². The van der Waals surface area contributed by atoms with Crippen LogP contribution in [-0.4, -0.2) is 52.4 Å². The van der Waals surface area contributed by atoms with Crippen LogP contribution in [0.2, 0.25) is 0 Å². The molecule has 2 atom stereocenters. The minimum atomic E-state index is -5.06. The van der Waals surface area contributed by atoms with E-state index in [0.29, 0.717) is 29.5 Å². The Kier molecular flexibility index (Phi) is 8.70. The van der Waals surface area contributed by atoms with Crippen molar-refractivity contribution in [2.75, 3.05) is 13.6 Å². The molecule has 1 aliphatic rings. The van der Waals surface area contributed by atoms with Crippen molar-refractivity contribution in [1.82, 2.24) is 15.1 Å². The van der Waals surface area contributed by atoms with Crippen LogP contribution in [0.3, 0.4) is 0 Å². The summed E-state index contributed by atoms with van der Waals surface area (Å²) in [7, 11) is 1.20. The first-order valence-corrected chi connectivity index (χ1v) is 12.0. The molecule has 2 N–H and O–H groups in total. The zero-order chi connectivity index (χ0) is 30.0. The molecule has 1 saturated heterocycles. The number of carbonyl (C=O) groups excluding carboxylic acids is 2. The molecule has 0 saturated carbocycles. The van der Waals surface area contributed by atoms with Gasteiger partial charge in [-0.2, -0.15) is 26.3 Å². The number of nitrogens with one attached hydrogen (secondary N) is 1. The van der Waals surface area contributed by atoms with Gasteiger partial charge in [-0.25, -0.2) is 14.0 Å². The van der Waals surface area contributed by atoms with Crippen molar-refractivity contribution in [3.05, 3.63) is 70.0 Å². The summed E-state index contributed by atoms with van der Waals surface area (Å²) >= 11 is 0. The third-order valence-corrected chi connectivity index (χ3v) is 6.87. The van der Waals surface area contributed by atoms with Gasteiger partial charge in [0.25, 0.3) is 0 Å². The van der Waals surface area contributed by atoms with Crippen LogP contribution >= 0.6 is 0 Å². The van der Waals surface area contributed by atoms with E-state index in [9.17, 15) is 50.2 Å². The number of likely N-dealkylation sites (tertiary alicyclic amines) is 1. The summed E-state index contributed by atoms with van der Waals surface area (Å²) in [5.41, 5.74) is -3.87. The molecule has 0 aliphatic carbocycles. The lowest BCUT2D eigenvalue weighted by atomic mass is 9.78. The van der Waals surface area contributed by atoms with E-state index in [1.165, 1.54) is 24.1 Å². The van der Waals surface area contributed by atoms with Gasteiger partial charge in [-0.15, -0.1) is 0 Å². The number of nitrogens with zero attached hydrogens (tertiary/aromatic N) is 2. The summed E-state index contributed by atoms with van der Waals surface area (Å²) in [6.45, 7) is 0.839. The second kappa shape index (κ2) is 11.3. The minimum absolute atomic E-state index is 0.00383. The molecule has 40 heavy (non-hydrogen) atoms. The maximum absolute atomic E-state index is 13.8. The summed E-state index contributed by atoms with van der Waals surface area (Å²) in [6, 6.07) is 3.12. The topological polar surface area (TPSA) is 90.0 Å². The van der Waals surface area contributed by atoms with Crippen LogP contribution in [0.25, 0.3) is 0 Å². The zero-order valence-corrected chi connectivity index (χ0v) is 21.4. The monoisotopic (exact) mass is 577 g/mol. The second-order valence-electron chi connectivity index (χ2n) is 9.80. The molecule has 0 radical (unpaired) electrons. The summed E-state index contributed by atoms with van der Waals surface area (Å²) in [5, 5.41) is 11.7. The van der Waals surface area contributed by atoms with Crippen molar-refractivity contribution in [3.63, 3.8) is 0 Å². The first kappa shape index (κ1) is 30.7. The van der Waals surface area contributed by atoms with Gasteiger partial charge >= 0.3 is 24.5 Å². The van der Waals surface area contributed by atoms with Crippen molar-refractivity contribution < 1.29 is 50.2 Å². The van der Waals surface area contributed by atoms with Crippen LogP contribution in [0, 0.1) is 12.7 Å². The number of amides is 3. The number of piperidine rings is 1. The van der Waals surface area contributed by atoms with E-state index in [-0.39, 0.29) is 31.9 Å². The Balaban J connectivity index is 1.98. The van der Waals surface area contributed by atoms with E-state index in [4.69, 9.17) is 0 Å². The van der Waals surface area contributed by atoms with E-state index in [0.717, 1.165) is 11.0 Å². The van der Waals surface area contributed by atoms with Crippen LogP contribution in [0.5, 0.6) is 0 Å². The third-order valence-electron chi connectivity index (χ3n) is 6.87. The Bertz CT molecular complexity index is 1250. The standard InChI is InChI=1S/C26H26F7N3O4/c1-15-9-19(27)3-4-20(15)21-13-24(6-8-37,34-22(38)39)5-7-36(21)23(40)35(2)14-16-10-17(25(28,29)30)12-18(11-16)26(31,32)33/h3-4,8-12,21,34H,5-7,13-14H2,1-2H3,(H,38,39)/t21-,24-/m1/s1. The molecule has 1 aliphatic heterocycles. The van der Waals surface area contributed by atoms with Crippen LogP contribution < -0.4 is 5.32 Å². The molecule has 0 spiro atoms. The van der Waals surface area contributed by atoms with Crippen LogP contribution in [0.4, 0.5) is 40.3 Å².